The molecule has 0 atom stereocenters. The van der Waals surface area contributed by atoms with Crippen LogP contribution < -0.4 is 68.8 Å². The second-order valence-electron chi connectivity index (χ2n) is 1.31. The molecule has 0 amide bonds. The van der Waals surface area contributed by atoms with E-state index in [4.69, 9.17) is 0 Å². The van der Waals surface area contributed by atoms with E-state index in [1.54, 1.807) is 0 Å². The van der Waals surface area contributed by atoms with Crippen molar-refractivity contribution in [1.29, 1.82) is 0 Å². The second-order valence-corrected chi connectivity index (χ2v) is 2.96. The molecule has 0 spiro atoms. The van der Waals surface area contributed by atoms with Crippen molar-refractivity contribution < 1.29 is 58.2 Å². The topological polar surface area (TPSA) is 44.1 Å². The van der Waals surface area contributed by atoms with Crippen LogP contribution in [0.3, 0.4) is 0 Å². The zero-order valence-corrected chi connectivity index (χ0v) is 13.2. The Kier molecular flexibility index (Phi) is 6.19. The third kappa shape index (κ3) is 2.95. The molecule has 0 radical (unpaired) electrons. The summed E-state index contributed by atoms with van der Waals surface area (Å²) in [5, 5.41) is 6.66. The van der Waals surface area contributed by atoms with E-state index in [0.717, 1.165) is 0 Å². The summed E-state index contributed by atoms with van der Waals surface area (Å²) in [5.41, 5.74) is -0.357. The van der Waals surface area contributed by atoms with Crippen molar-refractivity contribution in [3.05, 3.63) is 25.5 Å². The summed E-state index contributed by atoms with van der Waals surface area (Å²) in [6.45, 7) is 0. The Hall–Kier alpha value is 1.65. The van der Waals surface area contributed by atoms with Gasteiger partial charge in [0.05, 0.1) is 8.95 Å². The average molecular weight is 338 g/mol. The van der Waals surface area contributed by atoms with Crippen LogP contribution >= 0.6 is 31.9 Å². The van der Waals surface area contributed by atoms with Crippen molar-refractivity contribution in [2.75, 3.05) is 0 Å². The van der Waals surface area contributed by atoms with Crippen LogP contribution in [0.25, 0.3) is 0 Å². The number of rotatable bonds is 0. The molecule has 0 bridgehead atoms. The van der Waals surface area contributed by atoms with Crippen molar-refractivity contribution >= 4 is 31.9 Å². The number of halogens is 2. The van der Waals surface area contributed by atoms with Gasteiger partial charge in [-0.25, -0.2) is 0 Å². The van der Waals surface area contributed by atoms with E-state index in [2.05, 4.69) is 42.1 Å². The molecule has 3 nitrogen and oxygen atoms in total. The molecule has 10 heavy (non-hydrogen) atoms. The van der Waals surface area contributed by atoms with Gasteiger partial charge in [0.1, 0.15) is 5.56 Å². The maximum Gasteiger partial charge on any atom is 1.00 e. The second kappa shape index (κ2) is 5.32. The molecule has 0 N–H and O–H groups in total. The summed E-state index contributed by atoms with van der Waals surface area (Å²) in [6, 6.07) is 0. The molecule has 0 aliphatic heterocycles. The minimum absolute atomic E-state index is 0. The summed E-state index contributed by atoms with van der Waals surface area (Å²) in [7, 11) is 0. The molecule has 0 fully saturated rings. The van der Waals surface area contributed by atoms with Gasteiger partial charge in [-0.15, -0.1) is 0 Å². The van der Waals surface area contributed by atoms with E-state index in [1.165, 1.54) is 6.20 Å². The van der Waals surface area contributed by atoms with Crippen LogP contribution in [-0.2, 0) is 0 Å². The smallest absolute Gasteiger partial charge is 0.540 e. The number of nitrogens with zero attached hydrogens (tertiary/aromatic N) is 2. The first kappa shape index (κ1) is 11.6. The molecule has 1 aromatic rings. The van der Waals surface area contributed by atoms with E-state index in [-0.39, 0.29) is 63.7 Å². The first-order chi connectivity index (χ1) is 4.22. The van der Waals surface area contributed by atoms with Gasteiger partial charge >= 0.3 is 58.2 Å². The minimum atomic E-state index is -0.357. The Morgan fingerprint density at radius 1 is 1.50 bits per heavy atom. The van der Waals surface area contributed by atoms with Crippen LogP contribution in [0, 0.1) is 0 Å². The maximum atomic E-state index is 10.6. The Morgan fingerprint density at radius 2 is 2.10 bits per heavy atom. The molecule has 0 aliphatic carbocycles. The summed E-state index contributed by atoms with van der Waals surface area (Å²) in [6.07, 6.45) is 1.45. The van der Waals surface area contributed by atoms with Gasteiger partial charge in [-0.05, 0) is 31.9 Å². The molecule has 0 aromatic carbocycles. The van der Waals surface area contributed by atoms with Gasteiger partial charge in [0, 0.05) is 6.20 Å². The third-order valence-electron chi connectivity index (χ3n) is 0.717. The molecule has 0 unspecified atom stereocenters. The molecule has 1 rings (SSSR count). The molecule has 1 heterocycles. The van der Waals surface area contributed by atoms with Crippen LogP contribution in [0.1, 0.15) is 0 Å². The fourth-order valence-corrected chi connectivity index (χ4v) is 0.778. The standard InChI is InChI=1S/C4H2Br2N2O.Rb/c5-2-1-7-8-4(9)3(2)6;/h1H,(H,8,9);/q;+1/p-1. The number of hydrogen-bond donors (Lipinski definition) is 0. The van der Waals surface area contributed by atoms with E-state index in [1.807, 2.05) is 0 Å². The number of aromatic nitrogens is 2. The first-order valence-corrected chi connectivity index (χ1v) is 3.64. The van der Waals surface area contributed by atoms with Crippen LogP contribution in [0.4, 0.5) is 0 Å². The summed E-state index contributed by atoms with van der Waals surface area (Å²) in [4.78, 5) is 10.6. The largest absolute Gasteiger partial charge is 1.00 e. The molecular formula is C4HBr2N2ORb. The van der Waals surface area contributed by atoms with Crippen LogP contribution in [0.15, 0.2) is 19.9 Å². The first-order valence-electron chi connectivity index (χ1n) is 2.05. The predicted molar refractivity (Wildman–Crippen MR) is 39.2 cm³/mol. The Bertz CT molecular complexity index is 274. The monoisotopic (exact) mass is 336 g/mol. The summed E-state index contributed by atoms with van der Waals surface area (Å²) in [5.74, 6) is 0. The van der Waals surface area contributed by atoms with Gasteiger partial charge in [0.2, 0.25) is 0 Å². The molecular weight excluding hydrogens is 337 g/mol. The summed E-state index contributed by atoms with van der Waals surface area (Å²) >= 11 is 6.11. The Morgan fingerprint density at radius 3 is 2.50 bits per heavy atom. The van der Waals surface area contributed by atoms with Gasteiger partial charge in [0.25, 0.3) is 0 Å². The van der Waals surface area contributed by atoms with Crippen molar-refractivity contribution in [3.8, 4) is 0 Å². The normalized spacial score (nSPS) is 8.60. The van der Waals surface area contributed by atoms with Crippen molar-refractivity contribution in [1.82, 2.24) is 10.2 Å². The SMILES string of the molecule is O=c1[n-]ncc(Br)c1Br.[Rb+]. The zero-order valence-electron chi connectivity index (χ0n) is 5.14. The van der Waals surface area contributed by atoms with E-state index >= 15 is 0 Å². The van der Waals surface area contributed by atoms with Crippen molar-refractivity contribution in [2.45, 2.75) is 0 Å². The molecule has 48 valence electrons. The molecule has 0 aliphatic rings. The van der Waals surface area contributed by atoms with Crippen LogP contribution in [0.5, 0.6) is 0 Å². The van der Waals surface area contributed by atoms with Gasteiger partial charge in [-0.1, -0.05) is 0 Å². The van der Waals surface area contributed by atoms with Gasteiger partial charge in [0.15, 0.2) is 0 Å². The molecule has 0 saturated carbocycles. The van der Waals surface area contributed by atoms with Gasteiger partial charge in [-0.3, -0.25) is 0 Å². The Labute approximate surface area is 123 Å². The van der Waals surface area contributed by atoms with Crippen molar-refractivity contribution in [2.24, 2.45) is 0 Å². The van der Waals surface area contributed by atoms with Crippen molar-refractivity contribution in [3.63, 3.8) is 0 Å². The minimum Gasteiger partial charge on any atom is -0.540 e. The van der Waals surface area contributed by atoms with E-state index in [0.29, 0.717) is 8.95 Å². The van der Waals surface area contributed by atoms with E-state index in [9.17, 15) is 4.79 Å². The Balaban J connectivity index is 0.000000810. The molecule has 1 aromatic heterocycles. The molecule has 6 heteroatoms. The number of hydrogen-bond acceptors (Lipinski definition) is 2. The predicted octanol–water partition coefficient (Wildman–Crippen LogP) is -2.07. The van der Waals surface area contributed by atoms with E-state index < -0.39 is 0 Å². The quantitative estimate of drug-likeness (QED) is 0.546. The van der Waals surface area contributed by atoms with Crippen LogP contribution in [0.2, 0.25) is 0 Å². The third-order valence-corrected chi connectivity index (χ3v) is 2.62. The van der Waals surface area contributed by atoms with Gasteiger partial charge < -0.3 is 15.0 Å². The molecule has 0 saturated heterocycles. The fourth-order valence-electron chi connectivity index (χ4n) is 0.335. The maximum absolute atomic E-state index is 10.6. The van der Waals surface area contributed by atoms with Crippen LogP contribution in [-0.4, -0.2) is 5.10 Å². The van der Waals surface area contributed by atoms with Gasteiger partial charge in [-0.2, -0.15) is 0 Å². The average Bonchev–Trinajstić information content (AvgIpc) is 1.83. The summed E-state index contributed by atoms with van der Waals surface area (Å²) < 4.78 is 1.04. The zero-order chi connectivity index (χ0) is 6.85. The fraction of sp³-hybridized carbons (Fsp3) is 0.